The number of carbonyl (C=O) groups is 2. The van der Waals surface area contributed by atoms with Gasteiger partial charge in [0, 0.05) is 49.8 Å². The number of piperidine rings is 1. The van der Waals surface area contributed by atoms with E-state index < -0.39 is 0 Å². The van der Waals surface area contributed by atoms with Gasteiger partial charge in [-0.1, -0.05) is 50.5 Å². The fourth-order valence-electron chi connectivity index (χ4n) is 4.62. The lowest BCUT2D eigenvalue weighted by atomic mass is 10.00. The van der Waals surface area contributed by atoms with E-state index in [0.29, 0.717) is 25.0 Å². The minimum absolute atomic E-state index is 0.226. The molecule has 0 N–H and O–H groups in total. The van der Waals surface area contributed by atoms with Crippen LogP contribution in [0.1, 0.15) is 71.1 Å². The number of anilines is 2. The van der Waals surface area contributed by atoms with Gasteiger partial charge in [-0.3, -0.25) is 9.59 Å². The number of hydrogen-bond acceptors (Lipinski definition) is 3. The van der Waals surface area contributed by atoms with Crippen molar-refractivity contribution < 1.29 is 14.0 Å². The zero-order valence-corrected chi connectivity index (χ0v) is 19.8. The number of hydrogen-bond donors (Lipinski definition) is 0. The van der Waals surface area contributed by atoms with Crippen molar-refractivity contribution in [3.8, 4) is 0 Å². The first-order valence-electron chi connectivity index (χ1n) is 12.5. The van der Waals surface area contributed by atoms with Crippen molar-refractivity contribution in [3.63, 3.8) is 0 Å². The van der Waals surface area contributed by atoms with Crippen LogP contribution >= 0.6 is 0 Å². The van der Waals surface area contributed by atoms with E-state index in [0.717, 1.165) is 69.4 Å². The first kappa shape index (κ1) is 24.9. The number of Topliss-reactive ketones (excluding diaryl/α,β-unsaturated/α-hetero) is 1. The molecule has 0 bridgehead atoms. The van der Waals surface area contributed by atoms with E-state index in [4.69, 9.17) is 0 Å². The Bertz CT molecular complexity index is 878. The van der Waals surface area contributed by atoms with Crippen LogP contribution in [-0.4, -0.2) is 35.7 Å². The highest BCUT2D eigenvalue weighted by Gasteiger charge is 2.28. The molecule has 0 radical (unpaired) electrons. The van der Waals surface area contributed by atoms with Crippen LogP contribution in [0.25, 0.3) is 0 Å². The van der Waals surface area contributed by atoms with Crippen molar-refractivity contribution in [1.82, 2.24) is 4.90 Å². The second kappa shape index (κ2) is 13.1. The molecular formula is C28H37FN2O2. The third-order valence-corrected chi connectivity index (χ3v) is 6.54. The minimum Gasteiger partial charge on any atom is -0.343 e. The number of para-hydroxylation sites is 1. The molecule has 0 aliphatic carbocycles. The molecule has 1 saturated heterocycles. The number of ketones is 1. The first-order chi connectivity index (χ1) is 16.1. The second-order valence-corrected chi connectivity index (χ2v) is 8.96. The molecule has 2 aromatic carbocycles. The van der Waals surface area contributed by atoms with Gasteiger partial charge in [-0.2, -0.15) is 0 Å². The zero-order valence-electron chi connectivity index (χ0n) is 19.8. The lowest BCUT2D eigenvalue weighted by Crippen LogP contribution is -2.45. The number of rotatable bonds is 12. The van der Waals surface area contributed by atoms with E-state index in [-0.39, 0.29) is 17.8 Å². The molecule has 3 rings (SSSR count). The lowest BCUT2D eigenvalue weighted by molar-refractivity contribution is -0.132. The predicted molar refractivity (Wildman–Crippen MR) is 132 cm³/mol. The average molecular weight is 453 g/mol. The Balaban J connectivity index is 1.46. The summed E-state index contributed by atoms with van der Waals surface area (Å²) in [5.74, 6) is 0.349. The van der Waals surface area contributed by atoms with Crippen LogP contribution in [0, 0.1) is 5.82 Å². The summed E-state index contributed by atoms with van der Waals surface area (Å²) >= 11 is 0. The Morgan fingerprint density at radius 2 is 1.52 bits per heavy atom. The minimum atomic E-state index is -0.238. The summed E-state index contributed by atoms with van der Waals surface area (Å²) in [5.41, 5.74) is 1.90. The monoisotopic (exact) mass is 452 g/mol. The SMILES string of the molecule is CCC(=O)CCCCCCCC(=O)N1CCC(N(c2ccccc2)c2cccc(F)c2)CC1. The van der Waals surface area contributed by atoms with Crippen LogP contribution in [0.2, 0.25) is 0 Å². The topological polar surface area (TPSA) is 40.6 Å². The largest absolute Gasteiger partial charge is 0.343 e. The average Bonchev–Trinajstić information content (AvgIpc) is 2.84. The van der Waals surface area contributed by atoms with E-state index >= 15 is 0 Å². The van der Waals surface area contributed by atoms with Gasteiger partial charge < -0.3 is 9.80 Å². The Labute approximate surface area is 197 Å². The molecule has 1 aliphatic rings. The molecule has 0 aromatic heterocycles. The summed E-state index contributed by atoms with van der Waals surface area (Å²) in [6, 6.07) is 17.1. The van der Waals surface area contributed by atoms with Crippen LogP contribution in [0.5, 0.6) is 0 Å². The fourth-order valence-corrected chi connectivity index (χ4v) is 4.62. The maximum absolute atomic E-state index is 14.0. The van der Waals surface area contributed by atoms with Gasteiger partial charge in [0.05, 0.1) is 0 Å². The fraction of sp³-hybridized carbons (Fsp3) is 0.500. The summed E-state index contributed by atoms with van der Waals surface area (Å²) in [5, 5.41) is 0. The summed E-state index contributed by atoms with van der Waals surface area (Å²) in [6.07, 6.45) is 8.75. The summed E-state index contributed by atoms with van der Waals surface area (Å²) < 4.78 is 14.0. The van der Waals surface area contributed by atoms with E-state index in [1.54, 1.807) is 12.1 Å². The molecule has 1 heterocycles. The Morgan fingerprint density at radius 3 is 2.18 bits per heavy atom. The van der Waals surface area contributed by atoms with Gasteiger partial charge in [0.25, 0.3) is 0 Å². The molecule has 0 saturated carbocycles. The first-order valence-corrected chi connectivity index (χ1v) is 12.5. The normalized spacial score (nSPS) is 14.3. The molecule has 1 fully saturated rings. The number of nitrogens with zero attached hydrogens (tertiary/aromatic N) is 2. The standard InChI is InChI=1S/C28H37FN2O2/c1-2-27(32)16-9-4-3-5-10-17-28(33)30-20-18-25(19-21-30)31(24-13-7-6-8-14-24)26-15-11-12-23(29)22-26/h6-8,11-15,22,25H,2-5,9-10,16-21H2,1H3. The third-order valence-electron chi connectivity index (χ3n) is 6.54. The molecule has 5 heteroatoms. The summed E-state index contributed by atoms with van der Waals surface area (Å²) in [7, 11) is 0. The van der Waals surface area contributed by atoms with Crippen molar-refractivity contribution in [2.45, 2.75) is 77.2 Å². The van der Waals surface area contributed by atoms with E-state index in [1.807, 2.05) is 36.1 Å². The molecule has 1 aliphatic heterocycles. The van der Waals surface area contributed by atoms with E-state index in [1.165, 1.54) is 6.07 Å². The number of benzene rings is 2. The molecule has 0 unspecified atom stereocenters. The van der Waals surface area contributed by atoms with Gasteiger partial charge in [-0.05, 0) is 56.0 Å². The second-order valence-electron chi connectivity index (χ2n) is 8.96. The van der Waals surface area contributed by atoms with E-state index in [9.17, 15) is 14.0 Å². The molecule has 33 heavy (non-hydrogen) atoms. The predicted octanol–water partition coefficient (Wildman–Crippen LogP) is 6.66. The summed E-state index contributed by atoms with van der Waals surface area (Å²) in [4.78, 5) is 28.2. The third kappa shape index (κ3) is 7.69. The van der Waals surface area contributed by atoms with Gasteiger partial charge in [-0.15, -0.1) is 0 Å². The van der Waals surface area contributed by atoms with Crippen LogP contribution in [0.3, 0.4) is 0 Å². The maximum atomic E-state index is 14.0. The van der Waals surface area contributed by atoms with Gasteiger partial charge in [0.2, 0.25) is 5.91 Å². The van der Waals surface area contributed by atoms with Crippen molar-refractivity contribution in [2.24, 2.45) is 0 Å². The van der Waals surface area contributed by atoms with Crippen molar-refractivity contribution >= 4 is 23.1 Å². The molecule has 0 atom stereocenters. The number of carbonyl (C=O) groups excluding carboxylic acids is 2. The Kier molecular flexibility index (Phi) is 9.92. The van der Waals surface area contributed by atoms with Crippen LogP contribution in [0.4, 0.5) is 15.8 Å². The number of unbranched alkanes of at least 4 members (excludes halogenated alkanes) is 4. The Morgan fingerprint density at radius 1 is 0.879 bits per heavy atom. The molecule has 2 aromatic rings. The van der Waals surface area contributed by atoms with Crippen LogP contribution in [0.15, 0.2) is 54.6 Å². The van der Waals surface area contributed by atoms with Gasteiger partial charge >= 0.3 is 0 Å². The maximum Gasteiger partial charge on any atom is 0.222 e. The highest BCUT2D eigenvalue weighted by atomic mass is 19.1. The molecule has 0 spiro atoms. The van der Waals surface area contributed by atoms with Crippen LogP contribution < -0.4 is 4.90 Å². The number of likely N-dealkylation sites (tertiary alicyclic amines) is 1. The highest BCUT2D eigenvalue weighted by Crippen LogP contribution is 2.32. The van der Waals surface area contributed by atoms with E-state index in [2.05, 4.69) is 17.0 Å². The molecule has 1 amide bonds. The molecule has 4 nitrogen and oxygen atoms in total. The quantitative estimate of drug-likeness (QED) is 0.338. The van der Waals surface area contributed by atoms with Crippen LogP contribution in [-0.2, 0) is 9.59 Å². The van der Waals surface area contributed by atoms with Crippen molar-refractivity contribution in [3.05, 3.63) is 60.4 Å². The zero-order chi connectivity index (χ0) is 23.5. The lowest BCUT2D eigenvalue weighted by Gasteiger charge is -2.40. The Hall–Kier alpha value is -2.69. The van der Waals surface area contributed by atoms with Crippen molar-refractivity contribution in [2.75, 3.05) is 18.0 Å². The van der Waals surface area contributed by atoms with Gasteiger partial charge in [0.1, 0.15) is 11.6 Å². The van der Waals surface area contributed by atoms with Crippen molar-refractivity contribution in [1.29, 1.82) is 0 Å². The molecular weight excluding hydrogens is 415 g/mol. The van der Waals surface area contributed by atoms with Gasteiger partial charge in [-0.25, -0.2) is 4.39 Å². The summed E-state index contributed by atoms with van der Waals surface area (Å²) in [6.45, 7) is 3.39. The smallest absolute Gasteiger partial charge is 0.222 e. The molecule has 178 valence electrons. The van der Waals surface area contributed by atoms with Gasteiger partial charge in [0.15, 0.2) is 0 Å². The highest BCUT2D eigenvalue weighted by molar-refractivity contribution is 5.78. The number of halogens is 1. The number of amides is 1.